The molecule has 4 aromatic carbocycles. The summed E-state index contributed by atoms with van der Waals surface area (Å²) in [6.07, 6.45) is 14.5. The number of allylic oxidation sites excluding steroid dienone is 6. The molecule has 9 heteroatoms. The molecule has 52 heavy (non-hydrogen) atoms. The molecule has 4 nitrogen and oxygen atoms in total. The van der Waals surface area contributed by atoms with Gasteiger partial charge in [0, 0.05) is 0 Å². The standard InChI is InChI=1S/C19H14N4.4C6H4Br.Co/c1-3-14(20)10-15-6-7-18(22-15)12-19-9-8-17(23-19)11-16-5-4-13(2)21-16;4*7-6-4-2-1-3-5-6;/h1-12,20,22H;4*2-5H;/q-2;4*-1;. The molecule has 265 valence electrons. The second kappa shape index (κ2) is 25.1. The zero-order valence-electron chi connectivity index (χ0n) is 27.4. The number of hydrogen-bond donors (Lipinski definition) is 1. The van der Waals surface area contributed by atoms with Gasteiger partial charge in [-0.25, -0.2) is 0 Å². The molecule has 7 rings (SSSR count). The quantitative estimate of drug-likeness (QED) is 0.135. The topological polar surface area (TPSA) is 64.3 Å². The van der Waals surface area contributed by atoms with Crippen molar-refractivity contribution in [1.29, 1.82) is 0 Å². The van der Waals surface area contributed by atoms with Gasteiger partial charge >= 0.3 is 118 Å². The van der Waals surface area contributed by atoms with E-state index in [4.69, 9.17) is 12.3 Å². The number of aromatic amines is 1. The molecule has 5 aromatic rings. The molecule has 0 unspecified atom stereocenters. The number of hydrogen-bond acceptors (Lipinski definition) is 2. The van der Waals surface area contributed by atoms with Crippen molar-refractivity contribution in [2.75, 3.05) is 0 Å². The van der Waals surface area contributed by atoms with Crippen molar-refractivity contribution in [2.45, 2.75) is 0 Å². The van der Waals surface area contributed by atoms with E-state index in [0.29, 0.717) is 0 Å². The zero-order chi connectivity index (χ0) is 37.4. The average molecular weight is 981 g/mol. The van der Waals surface area contributed by atoms with Crippen LogP contribution in [0.2, 0.25) is 0 Å². The number of aliphatic imine (C=N–C) groups is 2. The molecule has 0 atom stereocenters. The van der Waals surface area contributed by atoms with E-state index < -0.39 is 0 Å². The molecular formula is C43H30Br4CoN4-6. The van der Waals surface area contributed by atoms with Gasteiger partial charge in [0.05, 0.1) is 0 Å². The first kappa shape index (κ1) is 42.4. The van der Waals surface area contributed by atoms with E-state index in [0.717, 1.165) is 52.1 Å². The minimum absolute atomic E-state index is 0.256. The molecule has 0 saturated carbocycles. The van der Waals surface area contributed by atoms with Gasteiger partial charge in [-0.15, -0.1) is 6.08 Å². The Morgan fingerprint density at radius 1 is 0.577 bits per heavy atom. The molecule has 0 aliphatic carbocycles. The summed E-state index contributed by atoms with van der Waals surface area (Å²) in [7, 11) is 0. The van der Waals surface area contributed by atoms with Gasteiger partial charge in [-0.05, 0) is 0 Å². The number of aromatic nitrogens is 1. The summed E-state index contributed by atoms with van der Waals surface area (Å²) in [5.41, 5.74) is 12.9. The summed E-state index contributed by atoms with van der Waals surface area (Å²) in [5.74, 6) is 0. The first-order valence-corrected chi connectivity index (χ1v) is 19.0. The molecule has 0 spiro atoms. The van der Waals surface area contributed by atoms with Crippen LogP contribution in [0.25, 0.3) is 17.9 Å². The molecule has 0 bridgehead atoms. The van der Waals surface area contributed by atoms with E-state index >= 15 is 0 Å². The van der Waals surface area contributed by atoms with Gasteiger partial charge in [-0.1, -0.05) is 81.6 Å². The second-order valence-electron chi connectivity index (χ2n) is 9.98. The summed E-state index contributed by atoms with van der Waals surface area (Å²) in [4.78, 5) is 13.8. The number of rotatable bonds is 5. The first-order valence-electron chi connectivity index (χ1n) is 15.3. The Morgan fingerprint density at radius 2 is 0.962 bits per heavy atom. The molecular weight excluding hydrogens is 951 g/mol. The van der Waals surface area contributed by atoms with E-state index in [1.54, 1.807) is 11.0 Å². The SMILES string of the molecule is Brc1cc[c-]cc1.Brc1cc[c-]cc1.Brc1cc[c-]cc1.Brc1cc[c-]cc1.[CH-]=CC([NH-])=Cc1ccc(C=C2C=CC(C=C3C=CC([CH]=[Co])=N3)=N2)[nH]1. The number of halogens is 4. The van der Waals surface area contributed by atoms with Gasteiger partial charge < -0.3 is 11.4 Å². The van der Waals surface area contributed by atoms with Gasteiger partial charge in [0.1, 0.15) is 0 Å². The molecule has 2 N–H and O–H groups in total. The second-order valence-corrected chi connectivity index (χ2v) is 13.9. The maximum absolute atomic E-state index is 7.54. The molecule has 1 aromatic heterocycles. The van der Waals surface area contributed by atoms with Crippen LogP contribution in [-0.4, -0.2) is 21.4 Å². The van der Waals surface area contributed by atoms with Gasteiger partial charge in [-0.3, -0.25) is 12.7 Å². The van der Waals surface area contributed by atoms with Crippen molar-refractivity contribution in [3.8, 4) is 0 Å². The molecule has 0 radical (unpaired) electrons. The Bertz CT molecular complexity index is 1900. The molecule has 3 heterocycles. The van der Waals surface area contributed by atoms with Gasteiger partial charge in [0.25, 0.3) is 0 Å². The fourth-order valence-electron chi connectivity index (χ4n) is 3.67. The van der Waals surface area contributed by atoms with Crippen molar-refractivity contribution in [2.24, 2.45) is 9.98 Å². The summed E-state index contributed by atoms with van der Waals surface area (Å²) in [6, 6.07) is 45.9. The summed E-state index contributed by atoms with van der Waals surface area (Å²) in [6.45, 7) is 5.30. The van der Waals surface area contributed by atoms with Crippen LogP contribution in [0.5, 0.6) is 0 Å². The van der Waals surface area contributed by atoms with Crippen LogP contribution in [0.4, 0.5) is 0 Å². The van der Waals surface area contributed by atoms with Crippen molar-refractivity contribution in [3.05, 3.63) is 229 Å². The van der Waals surface area contributed by atoms with E-state index in [1.807, 2.05) is 146 Å². The Hall–Kier alpha value is -3.96. The van der Waals surface area contributed by atoms with Crippen LogP contribution >= 0.6 is 63.7 Å². The van der Waals surface area contributed by atoms with Crippen LogP contribution in [0, 0.1) is 30.8 Å². The van der Waals surface area contributed by atoms with E-state index in [-0.39, 0.29) is 5.70 Å². The van der Waals surface area contributed by atoms with Crippen LogP contribution in [-0.2, 0) is 15.3 Å². The first-order chi connectivity index (χ1) is 25.2. The van der Waals surface area contributed by atoms with Gasteiger partial charge in [0.2, 0.25) is 0 Å². The zero-order valence-corrected chi connectivity index (χ0v) is 34.8. The molecule has 2 aliphatic heterocycles. The third-order valence-electron chi connectivity index (χ3n) is 6.00. The van der Waals surface area contributed by atoms with Crippen LogP contribution in [0.15, 0.2) is 191 Å². The Morgan fingerprint density at radius 3 is 1.33 bits per heavy atom. The van der Waals surface area contributed by atoms with E-state index in [2.05, 4.69) is 118 Å². The Kier molecular flexibility index (Phi) is 20.5. The van der Waals surface area contributed by atoms with Crippen molar-refractivity contribution in [3.63, 3.8) is 0 Å². The summed E-state index contributed by atoms with van der Waals surface area (Å²) >= 11 is 17.3. The third kappa shape index (κ3) is 18.5. The molecule has 0 fully saturated rings. The van der Waals surface area contributed by atoms with Crippen LogP contribution < -0.4 is 0 Å². The Balaban J connectivity index is 0.000000209. The molecule has 0 saturated heterocycles. The average Bonchev–Trinajstić information content (AvgIpc) is 3.93. The van der Waals surface area contributed by atoms with Gasteiger partial charge in [0.15, 0.2) is 0 Å². The van der Waals surface area contributed by atoms with Crippen LogP contribution in [0.3, 0.4) is 0 Å². The fraction of sp³-hybridized carbons (Fsp3) is 0. The monoisotopic (exact) mass is 977 g/mol. The van der Waals surface area contributed by atoms with Crippen molar-refractivity contribution in [1.82, 2.24) is 4.98 Å². The minimum atomic E-state index is 0.256. The molecule has 0 amide bonds. The number of benzene rings is 4. The number of nitrogens with one attached hydrogen (secondary N) is 2. The Labute approximate surface area is 348 Å². The maximum atomic E-state index is 7.54. The summed E-state index contributed by atoms with van der Waals surface area (Å²) in [5, 5.41) is 0. The van der Waals surface area contributed by atoms with Crippen molar-refractivity contribution < 1.29 is 15.3 Å². The van der Waals surface area contributed by atoms with E-state index in [1.165, 1.54) is 6.08 Å². The normalized spacial score (nSPS) is 13.9. The number of nitrogens with zero attached hydrogens (tertiary/aromatic N) is 2. The van der Waals surface area contributed by atoms with Crippen molar-refractivity contribution >= 4 is 92.3 Å². The molecule has 2 aliphatic rings. The summed E-state index contributed by atoms with van der Waals surface area (Å²) < 4.78 is 4.41. The van der Waals surface area contributed by atoms with E-state index in [9.17, 15) is 0 Å². The predicted molar refractivity (Wildman–Crippen MR) is 229 cm³/mol. The predicted octanol–water partition coefficient (Wildman–Crippen LogP) is 13.0. The van der Waals surface area contributed by atoms with Crippen LogP contribution in [0.1, 0.15) is 11.4 Å². The number of H-pyrrole nitrogens is 1. The van der Waals surface area contributed by atoms with Gasteiger partial charge in [-0.2, -0.15) is 121 Å². The third-order valence-corrected chi connectivity index (χ3v) is 8.42. The fourth-order valence-corrected chi connectivity index (χ4v) is 4.90.